The Hall–Kier alpha value is -1.17. The fourth-order valence-corrected chi connectivity index (χ4v) is 1.18. The van der Waals surface area contributed by atoms with Gasteiger partial charge in [0.1, 0.15) is 11.9 Å². The fourth-order valence-electron chi connectivity index (χ4n) is 1.06. The maximum atomic E-state index is 13.0. The van der Waals surface area contributed by atoms with E-state index in [4.69, 9.17) is 22.1 Å². The van der Waals surface area contributed by atoms with Crippen molar-refractivity contribution >= 4 is 23.2 Å². The van der Waals surface area contributed by atoms with Gasteiger partial charge in [-0.25, -0.2) is 4.39 Å². The van der Waals surface area contributed by atoms with Gasteiger partial charge in [0.15, 0.2) is 0 Å². The molecule has 0 aliphatic carbocycles. The van der Waals surface area contributed by atoms with E-state index in [0.29, 0.717) is 5.69 Å². The van der Waals surface area contributed by atoms with Gasteiger partial charge in [-0.15, -0.1) is 0 Å². The number of ether oxygens (including phenoxy) is 1. The second-order valence-electron chi connectivity index (χ2n) is 3.18. The van der Waals surface area contributed by atoms with Crippen LogP contribution in [0.1, 0.15) is 0 Å². The molecule has 1 unspecified atom stereocenters. The lowest BCUT2D eigenvalue weighted by Crippen LogP contribution is -2.39. The smallest absolute Gasteiger partial charge is 0.243 e. The number of carbonyl (C=O) groups excluding carboxylic acids is 1. The molecule has 3 N–H and O–H groups in total. The van der Waals surface area contributed by atoms with Gasteiger partial charge >= 0.3 is 0 Å². The summed E-state index contributed by atoms with van der Waals surface area (Å²) in [5, 5.41) is 2.45. The molecule has 0 saturated heterocycles. The van der Waals surface area contributed by atoms with Gasteiger partial charge in [0.05, 0.1) is 11.6 Å². The van der Waals surface area contributed by atoms with Crippen molar-refractivity contribution in [1.29, 1.82) is 0 Å². The number of nitrogens with one attached hydrogen (secondary N) is 1. The minimum Gasteiger partial charge on any atom is -0.383 e. The van der Waals surface area contributed by atoms with Gasteiger partial charge in [-0.05, 0) is 18.2 Å². The van der Waals surface area contributed by atoms with Crippen molar-refractivity contribution in [3.8, 4) is 0 Å². The molecule has 0 radical (unpaired) electrons. The molecule has 88 valence electrons. The zero-order valence-electron chi connectivity index (χ0n) is 8.67. The number of methoxy groups -OCH3 is 1. The molecule has 1 amide bonds. The van der Waals surface area contributed by atoms with Gasteiger partial charge in [0.2, 0.25) is 5.91 Å². The molecule has 0 heterocycles. The molecule has 0 fully saturated rings. The van der Waals surface area contributed by atoms with Gasteiger partial charge in [-0.2, -0.15) is 0 Å². The summed E-state index contributed by atoms with van der Waals surface area (Å²) < 4.78 is 17.8. The summed E-state index contributed by atoms with van der Waals surface area (Å²) in [5.74, 6) is -1.04. The Bertz CT molecular complexity index is 387. The third kappa shape index (κ3) is 3.44. The van der Waals surface area contributed by atoms with E-state index in [1.54, 1.807) is 0 Å². The molecule has 1 aromatic rings. The van der Waals surface area contributed by atoms with Crippen LogP contribution >= 0.6 is 11.6 Å². The summed E-state index contributed by atoms with van der Waals surface area (Å²) in [6.07, 6.45) is 0. The number of hydrogen-bond acceptors (Lipinski definition) is 3. The molecule has 16 heavy (non-hydrogen) atoms. The van der Waals surface area contributed by atoms with Crippen molar-refractivity contribution in [2.75, 3.05) is 19.0 Å². The van der Waals surface area contributed by atoms with Crippen LogP contribution < -0.4 is 11.1 Å². The highest BCUT2D eigenvalue weighted by molar-refractivity contribution is 6.30. The van der Waals surface area contributed by atoms with E-state index in [1.807, 2.05) is 0 Å². The van der Waals surface area contributed by atoms with Gasteiger partial charge in [0, 0.05) is 12.8 Å². The molecule has 1 atom stereocenters. The van der Waals surface area contributed by atoms with Crippen LogP contribution in [0.4, 0.5) is 10.1 Å². The Morgan fingerprint density at radius 1 is 1.69 bits per heavy atom. The first kappa shape index (κ1) is 12.9. The Morgan fingerprint density at radius 2 is 2.38 bits per heavy atom. The molecular weight excluding hydrogens is 235 g/mol. The molecule has 1 aromatic carbocycles. The van der Waals surface area contributed by atoms with Crippen molar-refractivity contribution in [2.45, 2.75) is 6.04 Å². The Kier molecular flexibility index (Phi) is 4.67. The lowest BCUT2D eigenvalue weighted by Gasteiger charge is -2.11. The Balaban J connectivity index is 2.66. The van der Waals surface area contributed by atoms with Gasteiger partial charge in [0.25, 0.3) is 0 Å². The molecular formula is C10H12ClFN2O2. The molecule has 0 aliphatic rings. The standard InChI is InChI=1S/C10H12ClFN2O2/c1-16-5-9(13)10(15)14-6-2-3-7(11)8(12)4-6/h2-4,9H,5,13H2,1H3,(H,14,15). The molecule has 4 nitrogen and oxygen atoms in total. The van der Waals surface area contributed by atoms with E-state index in [0.717, 1.165) is 6.07 Å². The molecule has 0 aromatic heterocycles. The van der Waals surface area contributed by atoms with Crippen LogP contribution in [0.25, 0.3) is 0 Å². The minimum atomic E-state index is -0.788. The first-order chi connectivity index (χ1) is 7.54. The number of benzene rings is 1. The van der Waals surface area contributed by atoms with E-state index in [9.17, 15) is 9.18 Å². The average Bonchev–Trinajstić information content (AvgIpc) is 2.24. The SMILES string of the molecule is COCC(N)C(=O)Nc1ccc(Cl)c(F)c1. The fraction of sp³-hybridized carbons (Fsp3) is 0.300. The molecule has 0 spiro atoms. The Morgan fingerprint density at radius 3 is 2.94 bits per heavy atom. The van der Waals surface area contributed by atoms with Gasteiger partial charge < -0.3 is 15.8 Å². The number of nitrogens with two attached hydrogens (primary N) is 1. The van der Waals surface area contributed by atoms with Gasteiger partial charge in [-0.1, -0.05) is 11.6 Å². The average molecular weight is 247 g/mol. The number of anilines is 1. The predicted molar refractivity (Wildman–Crippen MR) is 59.9 cm³/mol. The molecule has 0 aliphatic heterocycles. The summed E-state index contributed by atoms with van der Waals surface area (Å²) in [4.78, 5) is 11.4. The van der Waals surface area contributed by atoms with E-state index in [1.165, 1.54) is 19.2 Å². The van der Waals surface area contributed by atoms with Crippen molar-refractivity contribution in [2.24, 2.45) is 5.73 Å². The van der Waals surface area contributed by atoms with Gasteiger partial charge in [-0.3, -0.25) is 4.79 Å². The molecule has 0 bridgehead atoms. The Labute approximate surface area is 97.5 Å². The normalized spacial score (nSPS) is 12.2. The number of halogens is 2. The lowest BCUT2D eigenvalue weighted by atomic mass is 10.2. The highest BCUT2D eigenvalue weighted by Gasteiger charge is 2.13. The van der Waals surface area contributed by atoms with E-state index in [-0.39, 0.29) is 11.6 Å². The monoisotopic (exact) mass is 246 g/mol. The maximum Gasteiger partial charge on any atom is 0.243 e. The molecule has 6 heteroatoms. The zero-order valence-corrected chi connectivity index (χ0v) is 9.42. The quantitative estimate of drug-likeness (QED) is 0.844. The number of hydrogen-bond donors (Lipinski definition) is 2. The third-order valence-corrected chi connectivity index (χ3v) is 2.18. The molecule has 0 saturated carbocycles. The van der Waals surface area contributed by atoms with Crippen molar-refractivity contribution in [1.82, 2.24) is 0 Å². The minimum absolute atomic E-state index is 0.000751. The van der Waals surface area contributed by atoms with Crippen LogP contribution in [0.15, 0.2) is 18.2 Å². The largest absolute Gasteiger partial charge is 0.383 e. The number of carbonyl (C=O) groups is 1. The summed E-state index contributed by atoms with van der Waals surface area (Å²) in [7, 11) is 1.44. The zero-order chi connectivity index (χ0) is 12.1. The highest BCUT2D eigenvalue weighted by atomic mass is 35.5. The van der Waals surface area contributed by atoms with Crippen LogP contribution in [-0.4, -0.2) is 25.7 Å². The van der Waals surface area contributed by atoms with E-state index >= 15 is 0 Å². The maximum absolute atomic E-state index is 13.0. The summed E-state index contributed by atoms with van der Waals surface area (Å²) in [5.41, 5.74) is 5.79. The first-order valence-electron chi connectivity index (χ1n) is 4.55. The number of rotatable bonds is 4. The van der Waals surface area contributed by atoms with Crippen LogP contribution in [0.2, 0.25) is 5.02 Å². The second kappa shape index (κ2) is 5.79. The van der Waals surface area contributed by atoms with Crippen molar-refractivity contribution in [3.05, 3.63) is 29.0 Å². The summed E-state index contributed by atoms with van der Waals surface area (Å²) in [6.45, 7) is 0.0991. The van der Waals surface area contributed by atoms with Crippen LogP contribution in [-0.2, 0) is 9.53 Å². The number of amides is 1. The third-order valence-electron chi connectivity index (χ3n) is 1.87. The predicted octanol–water partition coefficient (Wildman–Crippen LogP) is 1.39. The van der Waals surface area contributed by atoms with Crippen LogP contribution in [0.5, 0.6) is 0 Å². The summed E-state index contributed by atoms with van der Waals surface area (Å²) >= 11 is 5.50. The van der Waals surface area contributed by atoms with E-state index < -0.39 is 17.8 Å². The topological polar surface area (TPSA) is 64.3 Å². The second-order valence-corrected chi connectivity index (χ2v) is 3.59. The molecule has 1 rings (SSSR count). The first-order valence-corrected chi connectivity index (χ1v) is 4.93. The van der Waals surface area contributed by atoms with Crippen molar-refractivity contribution < 1.29 is 13.9 Å². The van der Waals surface area contributed by atoms with Crippen LogP contribution in [0.3, 0.4) is 0 Å². The van der Waals surface area contributed by atoms with Crippen LogP contribution in [0, 0.1) is 5.82 Å². The highest BCUT2D eigenvalue weighted by Crippen LogP contribution is 2.18. The lowest BCUT2D eigenvalue weighted by molar-refractivity contribution is -0.118. The van der Waals surface area contributed by atoms with E-state index in [2.05, 4.69) is 5.32 Å². The summed E-state index contributed by atoms with van der Waals surface area (Å²) in [6, 6.07) is 3.18. The van der Waals surface area contributed by atoms with Crippen molar-refractivity contribution in [3.63, 3.8) is 0 Å².